The molecule has 0 spiro atoms. The van der Waals surface area contributed by atoms with Gasteiger partial charge in [-0.15, -0.1) is 0 Å². The van der Waals surface area contributed by atoms with Crippen LogP contribution in [0.3, 0.4) is 0 Å². The zero-order chi connectivity index (χ0) is 16.6. The van der Waals surface area contributed by atoms with Gasteiger partial charge in [-0.2, -0.15) is 0 Å². The summed E-state index contributed by atoms with van der Waals surface area (Å²) in [5, 5.41) is 7.89. The maximum Gasteiger partial charge on any atom is 0.251 e. The summed E-state index contributed by atoms with van der Waals surface area (Å²) in [6.07, 6.45) is 0. The van der Waals surface area contributed by atoms with E-state index in [9.17, 15) is 14.4 Å². The molecule has 3 amide bonds. The molecule has 0 aromatic heterocycles. The van der Waals surface area contributed by atoms with Gasteiger partial charge in [-0.1, -0.05) is 39.0 Å². The van der Waals surface area contributed by atoms with Crippen LogP contribution in [-0.2, 0) is 9.59 Å². The molecule has 1 aromatic rings. The van der Waals surface area contributed by atoms with E-state index < -0.39 is 5.41 Å². The minimum absolute atomic E-state index is 0.0667. The standard InChI is InChI=1S/C16H23N3O3/c1-16(2,3)15(22)19-11-13(20)17-9-10-18-14(21)12-7-5-4-6-8-12/h4-8H,9-11H2,1-3H3,(H,17,20)(H,18,21)(H,19,22). The Morgan fingerprint density at radius 1 is 0.909 bits per heavy atom. The molecule has 1 aromatic carbocycles. The van der Waals surface area contributed by atoms with Crippen molar-refractivity contribution in [3.63, 3.8) is 0 Å². The van der Waals surface area contributed by atoms with Crippen molar-refractivity contribution in [1.82, 2.24) is 16.0 Å². The zero-order valence-electron chi connectivity index (χ0n) is 13.2. The number of amides is 3. The van der Waals surface area contributed by atoms with E-state index >= 15 is 0 Å². The second-order valence-electron chi connectivity index (χ2n) is 5.90. The SMILES string of the molecule is CC(C)(C)C(=O)NCC(=O)NCCNC(=O)c1ccccc1. The lowest BCUT2D eigenvalue weighted by molar-refractivity contribution is -0.131. The van der Waals surface area contributed by atoms with Crippen molar-refractivity contribution in [2.24, 2.45) is 5.41 Å². The molecule has 0 atom stereocenters. The number of rotatable bonds is 6. The van der Waals surface area contributed by atoms with Crippen molar-refractivity contribution >= 4 is 17.7 Å². The quantitative estimate of drug-likeness (QED) is 0.676. The van der Waals surface area contributed by atoms with E-state index in [0.717, 1.165) is 0 Å². The van der Waals surface area contributed by atoms with Gasteiger partial charge < -0.3 is 16.0 Å². The molecule has 0 aliphatic heterocycles. The van der Waals surface area contributed by atoms with Gasteiger partial charge in [0.1, 0.15) is 0 Å². The van der Waals surface area contributed by atoms with Gasteiger partial charge in [0.2, 0.25) is 11.8 Å². The van der Waals surface area contributed by atoms with Crippen LogP contribution in [0.2, 0.25) is 0 Å². The summed E-state index contributed by atoms with van der Waals surface area (Å²) in [6, 6.07) is 8.85. The van der Waals surface area contributed by atoms with Gasteiger partial charge in [-0.05, 0) is 12.1 Å². The highest BCUT2D eigenvalue weighted by atomic mass is 16.2. The lowest BCUT2D eigenvalue weighted by Gasteiger charge is -2.17. The molecule has 0 heterocycles. The van der Waals surface area contributed by atoms with Crippen LogP contribution in [0.25, 0.3) is 0 Å². The normalized spacial score (nSPS) is 10.7. The first-order chi connectivity index (χ1) is 10.3. The highest BCUT2D eigenvalue weighted by molar-refractivity contribution is 5.94. The Bertz CT molecular complexity index is 521. The number of benzene rings is 1. The third-order valence-corrected chi connectivity index (χ3v) is 2.86. The van der Waals surface area contributed by atoms with Crippen molar-refractivity contribution in [1.29, 1.82) is 0 Å². The van der Waals surface area contributed by atoms with Crippen molar-refractivity contribution < 1.29 is 14.4 Å². The van der Waals surface area contributed by atoms with E-state index in [1.807, 2.05) is 6.07 Å². The van der Waals surface area contributed by atoms with Crippen molar-refractivity contribution in [3.05, 3.63) is 35.9 Å². The molecule has 0 aliphatic rings. The number of nitrogens with one attached hydrogen (secondary N) is 3. The average Bonchev–Trinajstić information content (AvgIpc) is 2.48. The molecule has 1 rings (SSSR count). The van der Waals surface area contributed by atoms with Gasteiger partial charge in [-0.3, -0.25) is 14.4 Å². The van der Waals surface area contributed by atoms with E-state index in [0.29, 0.717) is 18.7 Å². The Balaban J connectivity index is 2.18. The largest absolute Gasteiger partial charge is 0.353 e. The van der Waals surface area contributed by atoms with Crippen LogP contribution >= 0.6 is 0 Å². The average molecular weight is 305 g/mol. The Morgan fingerprint density at radius 2 is 1.50 bits per heavy atom. The maximum atomic E-state index is 11.7. The van der Waals surface area contributed by atoms with Crippen molar-refractivity contribution in [3.8, 4) is 0 Å². The van der Waals surface area contributed by atoms with E-state index in [1.165, 1.54) is 0 Å². The Morgan fingerprint density at radius 3 is 2.09 bits per heavy atom. The highest BCUT2D eigenvalue weighted by Crippen LogP contribution is 2.11. The summed E-state index contributed by atoms with van der Waals surface area (Å²) in [7, 11) is 0. The molecule has 0 radical (unpaired) electrons. The van der Waals surface area contributed by atoms with Crippen LogP contribution in [0.15, 0.2) is 30.3 Å². The molecule has 6 heteroatoms. The summed E-state index contributed by atoms with van der Waals surface area (Å²) in [5.74, 6) is -0.650. The molecule has 3 N–H and O–H groups in total. The molecule has 0 saturated carbocycles. The van der Waals surface area contributed by atoms with Gasteiger partial charge in [0.15, 0.2) is 0 Å². The molecular weight excluding hydrogens is 282 g/mol. The third kappa shape index (κ3) is 6.39. The smallest absolute Gasteiger partial charge is 0.251 e. The monoisotopic (exact) mass is 305 g/mol. The Hall–Kier alpha value is -2.37. The summed E-state index contributed by atoms with van der Waals surface area (Å²) >= 11 is 0. The summed E-state index contributed by atoms with van der Waals surface area (Å²) in [6.45, 7) is 5.90. The molecule has 0 saturated heterocycles. The first kappa shape index (κ1) is 17.7. The van der Waals surface area contributed by atoms with Crippen molar-refractivity contribution in [2.75, 3.05) is 19.6 Å². The summed E-state index contributed by atoms with van der Waals surface area (Å²) < 4.78 is 0. The van der Waals surface area contributed by atoms with Gasteiger partial charge in [0.25, 0.3) is 5.91 Å². The molecule has 6 nitrogen and oxygen atoms in total. The lowest BCUT2D eigenvalue weighted by atomic mass is 9.96. The zero-order valence-corrected chi connectivity index (χ0v) is 13.2. The predicted molar refractivity (Wildman–Crippen MR) is 84.2 cm³/mol. The fraction of sp³-hybridized carbons (Fsp3) is 0.438. The van der Waals surface area contributed by atoms with Crippen molar-refractivity contribution in [2.45, 2.75) is 20.8 Å². The summed E-state index contributed by atoms with van der Waals surface area (Å²) in [5.41, 5.74) is 0.0514. The number of carbonyl (C=O) groups is 3. The van der Waals surface area contributed by atoms with Crippen LogP contribution in [-0.4, -0.2) is 37.4 Å². The van der Waals surface area contributed by atoms with E-state index in [1.54, 1.807) is 45.0 Å². The number of carbonyl (C=O) groups excluding carboxylic acids is 3. The fourth-order valence-electron chi connectivity index (χ4n) is 1.56. The van der Waals surface area contributed by atoms with Crippen LogP contribution in [0.1, 0.15) is 31.1 Å². The number of hydrogen-bond donors (Lipinski definition) is 3. The van der Waals surface area contributed by atoms with Gasteiger partial charge >= 0.3 is 0 Å². The minimum atomic E-state index is -0.524. The Kier molecular flexibility index (Phi) is 6.56. The predicted octanol–water partition coefficient (Wildman–Crippen LogP) is 0.695. The van der Waals surface area contributed by atoms with Crippen LogP contribution in [0.4, 0.5) is 0 Å². The van der Waals surface area contributed by atoms with E-state index in [-0.39, 0.29) is 24.3 Å². The lowest BCUT2D eigenvalue weighted by Crippen LogP contribution is -2.43. The second kappa shape index (κ2) is 8.17. The molecule has 22 heavy (non-hydrogen) atoms. The number of hydrogen-bond acceptors (Lipinski definition) is 3. The molecule has 0 unspecified atom stereocenters. The van der Waals surface area contributed by atoms with Crippen LogP contribution in [0, 0.1) is 5.41 Å². The molecule has 120 valence electrons. The molecule has 0 fully saturated rings. The topological polar surface area (TPSA) is 87.3 Å². The molecule has 0 aliphatic carbocycles. The van der Waals surface area contributed by atoms with E-state index in [4.69, 9.17) is 0 Å². The minimum Gasteiger partial charge on any atom is -0.353 e. The first-order valence-corrected chi connectivity index (χ1v) is 7.19. The fourth-order valence-corrected chi connectivity index (χ4v) is 1.56. The van der Waals surface area contributed by atoms with Gasteiger partial charge in [0, 0.05) is 24.1 Å². The maximum absolute atomic E-state index is 11.7. The first-order valence-electron chi connectivity index (χ1n) is 7.19. The highest BCUT2D eigenvalue weighted by Gasteiger charge is 2.21. The Labute approximate surface area is 130 Å². The summed E-state index contributed by atoms with van der Waals surface area (Å²) in [4.78, 5) is 34.9. The van der Waals surface area contributed by atoms with Crippen LogP contribution < -0.4 is 16.0 Å². The van der Waals surface area contributed by atoms with Crippen LogP contribution in [0.5, 0.6) is 0 Å². The van der Waals surface area contributed by atoms with Gasteiger partial charge in [0.05, 0.1) is 6.54 Å². The molecular formula is C16H23N3O3. The molecule has 0 bridgehead atoms. The van der Waals surface area contributed by atoms with Gasteiger partial charge in [-0.25, -0.2) is 0 Å². The third-order valence-electron chi connectivity index (χ3n) is 2.86. The van der Waals surface area contributed by atoms with E-state index in [2.05, 4.69) is 16.0 Å². The second-order valence-corrected chi connectivity index (χ2v) is 5.90.